The summed E-state index contributed by atoms with van der Waals surface area (Å²) in [4.78, 5) is 35.3. The maximum Gasteiger partial charge on any atom is 0.310 e. The van der Waals surface area contributed by atoms with Crippen molar-refractivity contribution in [1.82, 2.24) is 0 Å². The summed E-state index contributed by atoms with van der Waals surface area (Å²) >= 11 is 0. The number of ether oxygens (including phenoxy) is 1. The number of nitrogens with one attached hydrogen (secondary N) is 2. The van der Waals surface area contributed by atoms with Gasteiger partial charge in [-0.2, -0.15) is 0 Å². The fourth-order valence-electron chi connectivity index (χ4n) is 3.27. The smallest absolute Gasteiger partial charge is 0.310 e. The molecule has 7 heteroatoms. The second kappa shape index (κ2) is 8.71. The predicted molar refractivity (Wildman–Crippen MR) is 118 cm³/mol. The number of para-hydroxylation sites is 1. The van der Waals surface area contributed by atoms with E-state index in [2.05, 4.69) is 10.6 Å². The lowest BCUT2D eigenvalue weighted by atomic mass is 10.1. The van der Waals surface area contributed by atoms with Gasteiger partial charge in [0.2, 0.25) is 5.91 Å². The highest BCUT2D eigenvalue weighted by molar-refractivity contribution is 6.07. The Morgan fingerprint density at radius 3 is 2.32 bits per heavy atom. The van der Waals surface area contributed by atoms with Gasteiger partial charge in [0, 0.05) is 29.1 Å². The summed E-state index contributed by atoms with van der Waals surface area (Å²) in [5.74, 6) is -1.11. The summed E-state index contributed by atoms with van der Waals surface area (Å²) in [5, 5.41) is 7.25. The Labute approximate surface area is 178 Å². The number of fused-ring (bicyclic) bond motifs is 3. The topological polar surface area (TPSA) is 97.6 Å². The van der Waals surface area contributed by atoms with Crippen LogP contribution in [0.4, 0.5) is 11.4 Å². The minimum Gasteiger partial charge on any atom is -0.456 e. The maximum absolute atomic E-state index is 12.2. The summed E-state index contributed by atoms with van der Waals surface area (Å²) in [6.45, 7) is 1.04. The van der Waals surface area contributed by atoms with Crippen molar-refractivity contribution in [1.29, 1.82) is 0 Å². The largest absolute Gasteiger partial charge is 0.456 e. The van der Waals surface area contributed by atoms with Crippen molar-refractivity contribution >= 4 is 51.1 Å². The molecule has 0 fully saturated rings. The van der Waals surface area contributed by atoms with E-state index in [0.717, 1.165) is 27.5 Å². The van der Waals surface area contributed by atoms with Crippen molar-refractivity contribution in [3.05, 3.63) is 72.3 Å². The molecule has 3 aromatic carbocycles. The van der Waals surface area contributed by atoms with E-state index in [1.165, 1.54) is 6.92 Å². The van der Waals surface area contributed by atoms with E-state index >= 15 is 0 Å². The van der Waals surface area contributed by atoms with Gasteiger partial charge in [0.1, 0.15) is 11.2 Å². The lowest BCUT2D eigenvalue weighted by molar-refractivity contribution is -0.146. The van der Waals surface area contributed by atoms with E-state index in [4.69, 9.17) is 9.15 Å². The van der Waals surface area contributed by atoms with Crippen LogP contribution in [-0.2, 0) is 25.5 Å². The van der Waals surface area contributed by atoms with Crippen molar-refractivity contribution in [2.75, 3.05) is 17.2 Å². The third-order valence-corrected chi connectivity index (χ3v) is 4.65. The molecule has 0 aliphatic carbocycles. The molecule has 2 amide bonds. The monoisotopic (exact) mass is 416 g/mol. The third kappa shape index (κ3) is 4.90. The van der Waals surface area contributed by atoms with Gasteiger partial charge in [-0.25, -0.2) is 0 Å². The number of esters is 1. The molecule has 2 N–H and O–H groups in total. The van der Waals surface area contributed by atoms with Gasteiger partial charge in [0.15, 0.2) is 6.61 Å². The van der Waals surface area contributed by atoms with Gasteiger partial charge >= 0.3 is 5.97 Å². The van der Waals surface area contributed by atoms with Gasteiger partial charge in [-0.15, -0.1) is 0 Å². The second-order valence-corrected chi connectivity index (χ2v) is 7.07. The number of carbonyl (C=O) groups excluding carboxylic acids is 3. The number of carbonyl (C=O) groups is 3. The Kier molecular flexibility index (Phi) is 5.66. The minimum absolute atomic E-state index is 0.0284. The summed E-state index contributed by atoms with van der Waals surface area (Å²) in [6, 6.07) is 19.9. The Bertz CT molecular complexity index is 1270. The zero-order chi connectivity index (χ0) is 21.8. The Hall–Kier alpha value is -4.13. The van der Waals surface area contributed by atoms with Crippen molar-refractivity contribution in [2.24, 2.45) is 0 Å². The van der Waals surface area contributed by atoms with Crippen LogP contribution < -0.4 is 10.6 Å². The Morgan fingerprint density at radius 1 is 0.839 bits per heavy atom. The molecule has 31 heavy (non-hydrogen) atoms. The average Bonchev–Trinajstić information content (AvgIpc) is 3.11. The van der Waals surface area contributed by atoms with E-state index < -0.39 is 11.9 Å². The zero-order valence-corrected chi connectivity index (χ0v) is 16.8. The minimum atomic E-state index is -0.515. The highest BCUT2D eigenvalue weighted by Gasteiger charge is 2.11. The number of hydrogen-bond donors (Lipinski definition) is 2. The molecule has 0 saturated heterocycles. The van der Waals surface area contributed by atoms with Crippen LogP contribution in [0.5, 0.6) is 0 Å². The molecule has 0 spiro atoms. The van der Waals surface area contributed by atoms with Gasteiger partial charge in [-0.3, -0.25) is 14.4 Å². The van der Waals surface area contributed by atoms with E-state index in [1.54, 1.807) is 36.4 Å². The Morgan fingerprint density at radius 2 is 1.55 bits per heavy atom. The molecule has 0 aliphatic rings. The van der Waals surface area contributed by atoms with Crippen molar-refractivity contribution in [3.63, 3.8) is 0 Å². The summed E-state index contributed by atoms with van der Waals surface area (Å²) in [5.41, 5.74) is 3.46. The van der Waals surface area contributed by atoms with Crippen molar-refractivity contribution < 1.29 is 23.5 Å². The lowest BCUT2D eigenvalue weighted by Gasteiger charge is -2.07. The number of amides is 2. The molecule has 1 heterocycles. The van der Waals surface area contributed by atoms with Crippen LogP contribution in [0.2, 0.25) is 0 Å². The maximum atomic E-state index is 12.2. The van der Waals surface area contributed by atoms with Gasteiger partial charge in [-0.05, 0) is 42.0 Å². The molecule has 0 atom stereocenters. The van der Waals surface area contributed by atoms with E-state index in [-0.39, 0.29) is 18.9 Å². The molecule has 156 valence electrons. The van der Waals surface area contributed by atoms with Crippen LogP contribution in [0.1, 0.15) is 12.5 Å². The van der Waals surface area contributed by atoms with Crippen molar-refractivity contribution in [3.8, 4) is 0 Å². The average molecular weight is 416 g/mol. The molecular weight excluding hydrogens is 396 g/mol. The number of benzene rings is 3. The number of anilines is 2. The van der Waals surface area contributed by atoms with Gasteiger partial charge in [-0.1, -0.05) is 30.3 Å². The van der Waals surface area contributed by atoms with Crippen LogP contribution in [0.15, 0.2) is 71.1 Å². The highest BCUT2D eigenvalue weighted by atomic mass is 16.5. The molecule has 0 bridgehead atoms. The highest BCUT2D eigenvalue weighted by Crippen LogP contribution is 2.30. The predicted octanol–water partition coefficient (Wildman–Crippen LogP) is 4.27. The van der Waals surface area contributed by atoms with Crippen molar-refractivity contribution in [2.45, 2.75) is 13.3 Å². The van der Waals surface area contributed by atoms with E-state index in [0.29, 0.717) is 11.4 Å². The molecule has 1 aromatic heterocycles. The summed E-state index contributed by atoms with van der Waals surface area (Å²) < 4.78 is 10.8. The number of furan rings is 1. The lowest BCUT2D eigenvalue weighted by Crippen LogP contribution is -2.21. The number of rotatable bonds is 6. The van der Waals surface area contributed by atoms with Crippen LogP contribution in [0.3, 0.4) is 0 Å². The second-order valence-electron chi connectivity index (χ2n) is 7.07. The van der Waals surface area contributed by atoms with Crippen LogP contribution in [-0.4, -0.2) is 24.4 Å². The first kappa shape index (κ1) is 20.2. The first-order chi connectivity index (χ1) is 15.0. The van der Waals surface area contributed by atoms with Crippen LogP contribution in [0, 0.1) is 0 Å². The third-order valence-electron chi connectivity index (χ3n) is 4.65. The summed E-state index contributed by atoms with van der Waals surface area (Å²) in [6.07, 6.45) is 0.0284. The standard InChI is InChI=1S/C24H20N2O5/c1-15(27)25-17-8-6-16(7-9-17)12-24(29)30-14-23(28)26-18-10-11-22-20(13-18)19-4-2-3-5-21(19)31-22/h2-11,13H,12,14H2,1H3,(H,25,27)(H,26,28). The molecule has 0 radical (unpaired) electrons. The first-order valence-electron chi connectivity index (χ1n) is 9.71. The molecule has 4 aromatic rings. The van der Waals surface area contributed by atoms with E-state index in [9.17, 15) is 14.4 Å². The van der Waals surface area contributed by atoms with Gasteiger partial charge in [0.25, 0.3) is 5.91 Å². The quantitative estimate of drug-likeness (QED) is 0.458. The first-order valence-corrected chi connectivity index (χ1v) is 9.71. The molecule has 0 aliphatic heterocycles. The fourth-order valence-corrected chi connectivity index (χ4v) is 3.27. The molecule has 4 rings (SSSR count). The van der Waals surface area contributed by atoms with E-state index in [1.807, 2.05) is 30.3 Å². The normalized spacial score (nSPS) is 10.7. The molecule has 0 unspecified atom stereocenters. The fraction of sp³-hybridized carbons (Fsp3) is 0.125. The van der Waals surface area contributed by atoms with Gasteiger partial charge in [0.05, 0.1) is 6.42 Å². The van der Waals surface area contributed by atoms with Gasteiger partial charge < -0.3 is 19.8 Å². The van der Waals surface area contributed by atoms with Crippen LogP contribution in [0.25, 0.3) is 21.9 Å². The zero-order valence-electron chi connectivity index (χ0n) is 16.8. The SMILES string of the molecule is CC(=O)Nc1ccc(CC(=O)OCC(=O)Nc2ccc3oc4ccccc4c3c2)cc1. The molecule has 0 saturated carbocycles. The molecular formula is C24H20N2O5. The molecule has 7 nitrogen and oxygen atoms in total. The summed E-state index contributed by atoms with van der Waals surface area (Å²) in [7, 11) is 0. The number of hydrogen-bond acceptors (Lipinski definition) is 5. The Balaban J connectivity index is 1.32. The van der Waals surface area contributed by atoms with Crippen LogP contribution >= 0.6 is 0 Å².